The van der Waals surface area contributed by atoms with Crippen LogP contribution in [0.4, 0.5) is 0 Å². The van der Waals surface area contributed by atoms with Crippen molar-refractivity contribution in [2.24, 2.45) is 11.3 Å². The summed E-state index contributed by atoms with van der Waals surface area (Å²) in [5, 5.41) is 9.72. The van der Waals surface area contributed by atoms with Crippen molar-refractivity contribution in [3.8, 4) is 0 Å². The second-order valence-corrected chi connectivity index (χ2v) is 8.37. The molecule has 0 saturated carbocycles. The van der Waals surface area contributed by atoms with Crippen LogP contribution in [-0.4, -0.2) is 82.4 Å². The summed E-state index contributed by atoms with van der Waals surface area (Å²) in [5.74, 6) is 0.245. The van der Waals surface area contributed by atoms with Gasteiger partial charge in [-0.2, -0.15) is 0 Å². The number of nitrogens with zero attached hydrogens (tertiary/aromatic N) is 3. The second-order valence-electron chi connectivity index (χ2n) is 8.37. The molecule has 3 aliphatic heterocycles. The molecule has 1 aromatic heterocycles. The van der Waals surface area contributed by atoms with E-state index in [1.807, 2.05) is 4.90 Å². The molecule has 1 aromatic rings. The Balaban J connectivity index is 1.44. The van der Waals surface area contributed by atoms with E-state index >= 15 is 0 Å². The minimum atomic E-state index is -0.549. The van der Waals surface area contributed by atoms with Crippen molar-refractivity contribution >= 4 is 5.91 Å². The van der Waals surface area contributed by atoms with E-state index in [4.69, 9.17) is 4.74 Å². The second kappa shape index (κ2) is 7.46. The van der Waals surface area contributed by atoms with Gasteiger partial charge in [0.05, 0.1) is 24.7 Å². The molecule has 3 aliphatic rings. The van der Waals surface area contributed by atoms with Crippen LogP contribution in [-0.2, 0) is 16.1 Å². The molecule has 0 aliphatic carbocycles. The number of piperidine rings is 1. The molecule has 28 heavy (non-hydrogen) atoms. The van der Waals surface area contributed by atoms with Crippen LogP contribution in [0.5, 0.6) is 0 Å². The first kappa shape index (κ1) is 19.4. The molecule has 9 nitrogen and oxygen atoms in total. The third kappa shape index (κ3) is 3.42. The number of carbonyl (C=O) groups excluding carboxylic acids is 1. The summed E-state index contributed by atoms with van der Waals surface area (Å²) in [6, 6.07) is 1.42. The third-order valence-electron chi connectivity index (χ3n) is 6.42. The summed E-state index contributed by atoms with van der Waals surface area (Å²) in [6.45, 7) is 5.96. The summed E-state index contributed by atoms with van der Waals surface area (Å²) < 4.78 is 6.88. The van der Waals surface area contributed by atoms with Gasteiger partial charge in [-0.25, -0.2) is 4.79 Å². The van der Waals surface area contributed by atoms with Crippen molar-refractivity contribution in [2.45, 2.75) is 32.4 Å². The Morgan fingerprint density at radius 2 is 2.07 bits per heavy atom. The Labute approximate surface area is 162 Å². The van der Waals surface area contributed by atoms with E-state index in [1.54, 1.807) is 6.92 Å². The van der Waals surface area contributed by atoms with Crippen LogP contribution in [0.15, 0.2) is 15.7 Å². The molecule has 0 bridgehead atoms. The van der Waals surface area contributed by atoms with E-state index in [0.29, 0.717) is 64.5 Å². The number of rotatable bonds is 4. The van der Waals surface area contributed by atoms with Crippen LogP contribution in [0.25, 0.3) is 0 Å². The normalized spacial score (nSPS) is 28.6. The lowest BCUT2D eigenvalue weighted by molar-refractivity contribution is -0.145. The lowest BCUT2D eigenvalue weighted by Gasteiger charge is -2.36. The van der Waals surface area contributed by atoms with Gasteiger partial charge in [0.25, 0.3) is 5.56 Å². The third-order valence-corrected chi connectivity index (χ3v) is 6.42. The van der Waals surface area contributed by atoms with Gasteiger partial charge in [-0.3, -0.25) is 19.1 Å². The maximum absolute atomic E-state index is 13.3. The van der Waals surface area contributed by atoms with E-state index in [1.165, 1.54) is 10.6 Å². The fraction of sp³-hybridized carbons (Fsp3) is 0.737. The molecule has 9 heteroatoms. The fourth-order valence-corrected chi connectivity index (χ4v) is 4.78. The monoisotopic (exact) mass is 392 g/mol. The zero-order valence-corrected chi connectivity index (χ0v) is 16.2. The molecule has 154 valence electrons. The highest BCUT2D eigenvalue weighted by Gasteiger charge is 2.56. The lowest BCUT2D eigenvalue weighted by Crippen LogP contribution is -2.51. The number of nitrogens with one attached hydrogen (secondary N) is 1. The molecule has 2 N–H and O–H groups in total. The fourth-order valence-electron chi connectivity index (χ4n) is 4.78. The standard InChI is InChI=1S/C19H28N4O5/c1-13-8-16(25)23(18(27)20-13)7-6-21-9-14-10-28-12-19(14,11-21)17(26)22-4-2-15(24)3-5-22/h8,14-15,24H,2-7,9-12H2,1H3,(H,20,27)/t14-,19-/m1/s1. The summed E-state index contributed by atoms with van der Waals surface area (Å²) in [5.41, 5.74) is -0.699. The van der Waals surface area contributed by atoms with Crippen LogP contribution < -0.4 is 11.2 Å². The zero-order chi connectivity index (χ0) is 19.9. The van der Waals surface area contributed by atoms with Gasteiger partial charge in [-0.05, 0) is 19.8 Å². The molecule has 0 radical (unpaired) electrons. The SMILES string of the molecule is Cc1cc(=O)n(CCN2C[C@@H]3COC[C@]3(C(=O)N3CCC(O)CC3)C2)c(=O)[nH]1. The summed E-state index contributed by atoms with van der Waals surface area (Å²) >= 11 is 0. The number of aromatic nitrogens is 2. The minimum Gasteiger partial charge on any atom is -0.393 e. The van der Waals surface area contributed by atoms with Crippen molar-refractivity contribution in [1.29, 1.82) is 0 Å². The molecule has 2 atom stereocenters. The van der Waals surface area contributed by atoms with Gasteiger partial charge in [-0.1, -0.05) is 0 Å². The summed E-state index contributed by atoms with van der Waals surface area (Å²) in [7, 11) is 0. The molecule has 4 rings (SSSR count). The predicted octanol–water partition coefficient (Wildman–Crippen LogP) is -1.22. The van der Waals surface area contributed by atoms with Gasteiger partial charge in [-0.15, -0.1) is 0 Å². The first-order valence-electron chi connectivity index (χ1n) is 9.97. The van der Waals surface area contributed by atoms with Gasteiger partial charge in [0.15, 0.2) is 0 Å². The highest BCUT2D eigenvalue weighted by molar-refractivity contribution is 5.84. The number of likely N-dealkylation sites (tertiary alicyclic amines) is 2. The molecule has 3 saturated heterocycles. The van der Waals surface area contributed by atoms with E-state index in [0.717, 1.165) is 6.54 Å². The van der Waals surface area contributed by atoms with Crippen LogP contribution in [0.1, 0.15) is 18.5 Å². The van der Waals surface area contributed by atoms with Crippen molar-refractivity contribution in [2.75, 3.05) is 45.9 Å². The molecule has 3 fully saturated rings. The molecule has 1 amide bonds. The number of aliphatic hydroxyl groups is 1. The number of hydrogen-bond donors (Lipinski definition) is 2. The van der Waals surface area contributed by atoms with Crippen molar-refractivity contribution in [1.82, 2.24) is 19.4 Å². The number of amides is 1. The van der Waals surface area contributed by atoms with Gasteiger partial charge < -0.3 is 19.7 Å². The minimum absolute atomic E-state index is 0.120. The van der Waals surface area contributed by atoms with Crippen molar-refractivity contribution in [3.05, 3.63) is 32.6 Å². The van der Waals surface area contributed by atoms with Crippen LogP contribution in [0.3, 0.4) is 0 Å². The van der Waals surface area contributed by atoms with E-state index in [2.05, 4.69) is 9.88 Å². The first-order valence-corrected chi connectivity index (χ1v) is 9.97. The Morgan fingerprint density at radius 3 is 2.79 bits per heavy atom. The van der Waals surface area contributed by atoms with Gasteiger partial charge in [0.1, 0.15) is 0 Å². The van der Waals surface area contributed by atoms with Crippen molar-refractivity contribution < 1.29 is 14.6 Å². The molecular weight excluding hydrogens is 364 g/mol. The van der Waals surface area contributed by atoms with E-state index in [-0.39, 0.29) is 23.5 Å². The van der Waals surface area contributed by atoms with E-state index in [9.17, 15) is 19.5 Å². The van der Waals surface area contributed by atoms with Crippen LogP contribution in [0, 0.1) is 18.3 Å². The average molecular weight is 392 g/mol. The number of aromatic amines is 1. The highest BCUT2D eigenvalue weighted by atomic mass is 16.5. The Morgan fingerprint density at radius 1 is 1.32 bits per heavy atom. The predicted molar refractivity (Wildman–Crippen MR) is 101 cm³/mol. The number of aliphatic hydroxyl groups excluding tert-OH is 1. The number of fused-ring (bicyclic) bond motifs is 1. The number of hydrogen-bond acceptors (Lipinski definition) is 6. The van der Waals surface area contributed by atoms with Crippen molar-refractivity contribution in [3.63, 3.8) is 0 Å². The highest BCUT2D eigenvalue weighted by Crippen LogP contribution is 2.43. The molecule has 0 spiro atoms. The van der Waals surface area contributed by atoms with Gasteiger partial charge >= 0.3 is 5.69 Å². The number of aryl methyl sites for hydroxylation is 1. The Hall–Kier alpha value is -1.97. The maximum atomic E-state index is 13.3. The molecule has 0 unspecified atom stereocenters. The number of ether oxygens (including phenoxy) is 1. The number of carbonyl (C=O) groups is 1. The Bertz CT molecular complexity index is 825. The van der Waals surface area contributed by atoms with E-state index < -0.39 is 11.1 Å². The molecule has 4 heterocycles. The quantitative estimate of drug-likeness (QED) is 0.665. The molecular formula is C19H28N4O5. The summed E-state index contributed by atoms with van der Waals surface area (Å²) in [4.78, 5) is 44.1. The first-order chi connectivity index (χ1) is 13.4. The smallest absolute Gasteiger partial charge is 0.328 e. The molecule has 0 aromatic carbocycles. The topological polar surface area (TPSA) is 108 Å². The number of H-pyrrole nitrogens is 1. The lowest BCUT2D eigenvalue weighted by atomic mass is 9.79. The largest absolute Gasteiger partial charge is 0.393 e. The van der Waals surface area contributed by atoms with Crippen LogP contribution >= 0.6 is 0 Å². The van der Waals surface area contributed by atoms with Gasteiger partial charge in [0, 0.05) is 56.9 Å². The van der Waals surface area contributed by atoms with Crippen LogP contribution in [0.2, 0.25) is 0 Å². The Kier molecular flexibility index (Phi) is 5.15. The zero-order valence-electron chi connectivity index (χ0n) is 16.2. The van der Waals surface area contributed by atoms with Gasteiger partial charge in [0.2, 0.25) is 5.91 Å². The maximum Gasteiger partial charge on any atom is 0.328 e. The summed E-state index contributed by atoms with van der Waals surface area (Å²) in [6.07, 6.45) is 0.926. The average Bonchev–Trinajstić information content (AvgIpc) is 3.18.